The molecule has 11 heteroatoms. The smallest absolute Gasteiger partial charge is 0.175 e. The molecule has 0 saturated carbocycles. The minimum atomic E-state index is -0.144. The Labute approximate surface area is 220 Å². The highest BCUT2D eigenvalue weighted by molar-refractivity contribution is 7.99. The van der Waals surface area contributed by atoms with Gasteiger partial charge in [0.25, 0.3) is 0 Å². The number of fused-ring (bicyclic) bond motifs is 3. The monoisotopic (exact) mass is 527 g/mol. The minimum absolute atomic E-state index is 0.144. The van der Waals surface area contributed by atoms with Crippen molar-refractivity contribution in [2.75, 3.05) is 62.5 Å². The lowest BCUT2D eigenvalue weighted by Crippen LogP contribution is -2.41. The van der Waals surface area contributed by atoms with Gasteiger partial charge in [0.1, 0.15) is 23.4 Å². The van der Waals surface area contributed by atoms with Crippen molar-refractivity contribution in [3.05, 3.63) is 24.2 Å². The molecule has 0 radical (unpaired) electrons. The molecule has 0 bridgehead atoms. The van der Waals surface area contributed by atoms with Crippen LogP contribution in [-0.2, 0) is 20.8 Å². The van der Waals surface area contributed by atoms with Gasteiger partial charge in [0.15, 0.2) is 17.4 Å². The largest absolute Gasteiger partial charge is 0.486 e. The third-order valence-corrected chi connectivity index (χ3v) is 9.33. The normalized spacial score (nSPS) is 26.6. The van der Waals surface area contributed by atoms with Gasteiger partial charge < -0.3 is 33.9 Å². The first-order valence-corrected chi connectivity index (χ1v) is 14.1. The van der Waals surface area contributed by atoms with E-state index in [9.17, 15) is 5.11 Å². The van der Waals surface area contributed by atoms with Crippen molar-refractivity contribution in [2.45, 2.75) is 60.5 Å². The second-order valence-electron chi connectivity index (χ2n) is 10.8. The average Bonchev–Trinajstić information content (AvgIpc) is 3.54. The maximum Gasteiger partial charge on any atom is 0.175 e. The number of piperidine rings is 1. The number of aromatic nitrogens is 3. The number of rotatable bonds is 6. The maximum atomic E-state index is 10.1. The van der Waals surface area contributed by atoms with E-state index in [1.165, 1.54) is 11.8 Å². The topological polar surface area (TPSA) is 102 Å². The highest BCUT2D eigenvalue weighted by Gasteiger charge is 2.41. The molecule has 2 aromatic heterocycles. The SMILES string of the molecule is OCc1nc(Sc2ccnc3c2OCC2CC(OC4COC4)CN32)cnc1N1CCC2(CCOC2)CC1. The fourth-order valence-electron chi connectivity index (χ4n) is 6.15. The van der Waals surface area contributed by atoms with E-state index in [0.717, 1.165) is 85.8 Å². The highest BCUT2D eigenvalue weighted by atomic mass is 32.2. The van der Waals surface area contributed by atoms with Crippen molar-refractivity contribution in [3.63, 3.8) is 0 Å². The van der Waals surface area contributed by atoms with E-state index in [0.29, 0.717) is 30.9 Å². The second-order valence-corrected chi connectivity index (χ2v) is 11.8. The molecule has 37 heavy (non-hydrogen) atoms. The van der Waals surface area contributed by atoms with E-state index in [1.807, 2.05) is 12.3 Å². The molecule has 0 aliphatic carbocycles. The molecule has 4 saturated heterocycles. The van der Waals surface area contributed by atoms with Gasteiger partial charge in [0, 0.05) is 32.4 Å². The number of pyridine rings is 1. The molecule has 4 fully saturated rings. The molecule has 5 aliphatic rings. The van der Waals surface area contributed by atoms with Crippen LogP contribution in [0.25, 0.3) is 0 Å². The average molecular weight is 528 g/mol. The molecule has 7 heterocycles. The van der Waals surface area contributed by atoms with Crippen LogP contribution in [0.2, 0.25) is 0 Å². The third-order valence-electron chi connectivity index (χ3n) is 8.38. The summed E-state index contributed by atoms with van der Waals surface area (Å²) < 4.78 is 23.3. The Bertz CT molecular complexity index is 1130. The molecule has 2 unspecified atom stereocenters. The van der Waals surface area contributed by atoms with Crippen molar-refractivity contribution < 1.29 is 24.1 Å². The molecular weight excluding hydrogens is 494 g/mol. The molecule has 1 N–H and O–H groups in total. The van der Waals surface area contributed by atoms with Crippen molar-refractivity contribution in [1.29, 1.82) is 0 Å². The van der Waals surface area contributed by atoms with Gasteiger partial charge in [-0.3, -0.25) is 0 Å². The number of hydrogen-bond donors (Lipinski definition) is 1. The van der Waals surface area contributed by atoms with Crippen molar-refractivity contribution in [1.82, 2.24) is 15.0 Å². The fraction of sp³-hybridized carbons (Fsp3) is 0.654. The Morgan fingerprint density at radius 2 is 1.97 bits per heavy atom. The predicted molar refractivity (Wildman–Crippen MR) is 136 cm³/mol. The Hall–Kier alpha value is -2.18. The standard InChI is InChI=1S/C26H33N5O5S/c32-12-20-24(30-6-2-26(3-7-30)4-8-33-16-26)28-10-22(29-20)37-21-1-5-27-25-23(21)35-13-17-9-18(11-31(17)25)36-19-14-34-15-19/h1,5,10,17-19,32H,2-4,6-9,11-16H2. The molecule has 1 spiro atoms. The van der Waals surface area contributed by atoms with Crippen LogP contribution in [0.15, 0.2) is 28.4 Å². The lowest BCUT2D eigenvalue weighted by Gasteiger charge is -2.39. The van der Waals surface area contributed by atoms with Crippen LogP contribution in [0, 0.1) is 5.41 Å². The van der Waals surface area contributed by atoms with E-state index < -0.39 is 0 Å². The van der Waals surface area contributed by atoms with Gasteiger partial charge in [0.2, 0.25) is 0 Å². The first-order chi connectivity index (χ1) is 18.2. The molecule has 2 aromatic rings. The zero-order valence-electron chi connectivity index (χ0n) is 20.9. The van der Waals surface area contributed by atoms with Crippen LogP contribution in [0.3, 0.4) is 0 Å². The summed E-state index contributed by atoms with van der Waals surface area (Å²) in [6.07, 6.45) is 8.28. The van der Waals surface area contributed by atoms with Crippen LogP contribution in [0.1, 0.15) is 31.4 Å². The number of anilines is 2. The summed E-state index contributed by atoms with van der Waals surface area (Å²) in [5.41, 5.74) is 0.943. The lowest BCUT2D eigenvalue weighted by molar-refractivity contribution is -0.150. The Balaban J connectivity index is 1.06. The van der Waals surface area contributed by atoms with Gasteiger partial charge in [-0.2, -0.15) is 0 Å². The van der Waals surface area contributed by atoms with Crippen LogP contribution in [0.5, 0.6) is 5.75 Å². The molecular formula is C26H33N5O5S. The van der Waals surface area contributed by atoms with E-state index >= 15 is 0 Å². The van der Waals surface area contributed by atoms with E-state index in [2.05, 4.69) is 14.8 Å². The predicted octanol–water partition coefficient (Wildman–Crippen LogP) is 2.28. The van der Waals surface area contributed by atoms with Crippen molar-refractivity contribution in [2.24, 2.45) is 5.41 Å². The molecule has 5 aliphatic heterocycles. The van der Waals surface area contributed by atoms with Gasteiger partial charge in [0.05, 0.1) is 49.7 Å². The number of nitrogens with zero attached hydrogens (tertiary/aromatic N) is 5. The second kappa shape index (κ2) is 9.85. The first kappa shape index (κ1) is 23.9. The van der Waals surface area contributed by atoms with Crippen LogP contribution in [0.4, 0.5) is 11.6 Å². The quantitative estimate of drug-likeness (QED) is 0.599. The summed E-state index contributed by atoms with van der Waals surface area (Å²) in [5.74, 6) is 2.44. The Kier molecular flexibility index (Phi) is 6.36. The van der Waals surface area contributed by atoms with E-state index in [1.54, 1.807) is 6.20 Å². The van der Waals surface area contributed by atoms with Crippen LogP contribution >= 0.6 is 11.8 Å². The fourth-order valence-corrected chi connectivity index (χ4v) is 7.00. The number of ether oxygens (including phenoxy) is 4. The zero-order chi connectivity index (χ0) is 24.8. The molecule has 198 valence electrons. The van der Waals surface area contributed by atoms with Gasteiger partial charge in [-0.25, -0.2) is 15.0 Å². The molecule has 7 rings (SSSR count). The highest BCUT2D eigenvalue weighted by Crippen LogP contribution is 2.45. The molecule has 0 aromatic carbocycles. The van der Waals surface area contributed by atoms with Crippen molar-refractivity contribution in [3.8, 4) is 5.75 Å². The van der Waals surface area contributed by atoms with Crippen LogP contribution in [-0.4, -0.2) is 91.0 Å². The number of aliphatic hydroxyl groups is 1. The van der Waals surface area contributed by atoms with Gasteiger partial charge in [-0.1, -0.05) is 11.8 Å². The summed E-state index contributed by atoms with van der Waals surface area (Å²) in [6.45, 7) is 6.24. The summed E-state index contributed by atoms with van der Waals surface area (Å²) >= 11 is 1.50. The molecule has 10 nitrogen and oxygen atoms in total. The van der Waals surface area contributed by atoms with Gasteiger partial charge >= 0.3 is 0 Å². The third kappa shape index (κ3) is 4.54. The molecule has 0 amide bonds. The number of hydrogen-bond acceptors (Lipinski definition) is 11. The van der Waals surface area contributed by atoms with Gasteiger partial charge in [-0.05, 0) is 37.2 Å². The van der Waals surface area contributed by atoms with Crippen LogP contribution < -0.4 is 14.5 Å². The lowest BCUT2D eigenvalue weighted by atomic mass is 9.78. The van der Waals surface area contributed by atoms with E-state index in [-0.39, 0.29) is 24.9 Å². The summed E-state index contributed by atoms with van der Waals surface area (Å²) in [4.78, 5) is 19.7. The summed E-state index contributed by atoms with van der Waals surface area (Å²) in [5, 5.41) is 10.9. The first-order valence-electron chi connectivity index (χ1n) is 13.3. The summed E-state index contributed by atoms with van der Waals surface area (Å²) in [6, 6.07) is 2.23. The maximum absolute atomic E-state index is 10.1. The minimum Gasteiger partial charge on any atom is -0.486 e. The van der Waals surface area contributed by atoms with E-state index in [4.69, 9.17) is 28.9 Å². The number of aliphatic hydroxyl groups excluding tert-OH is 1. The molecule has 2 atom stereocenters. The summed E-state index contributed by atoms with van der Waals surface area (Å²) in [7, 11) is 0. The van der Waals surface area contributed by atoms with Crippen molar-refractivity contribution >= 4 is 23.4 Å². The Morgan fingerprint density at radius 3 is 2.73 bits per heavy atom. The van der Waals surface area contributed by atoms with Gasteiger partial charge in [-0.15, -0.1) is 0 Å². The Morgan fingerprint density at radius 1 is 1.08 bits per heavy atom. The zero-order valence-corrected chi connectivity index (χ0v) is 21.7.